The summed E-state index contributed by atoms with van der Waals surface area (Å²) < 4.78 is 5.18. The smallest absolute Gasteiger partial charge is 0.407 e. The van der Waals surface area contributed by atoms with Gasteiger partial charge in [-0.2, -0.15) is 0 Å². The average molecular weight is 321 g/mol. The molecule has 0 saturated carbocycles. The van der Waals surface area contributed by atoms with E-state index in [-0.39, 0.29) is 11.9 Å². The molecule has 2 amide bonds. The fourth-order valence-corrected chi connectivity index (χ4v) is 1.87. The quantitative estimate of drug-likeness (QED) is 0.753. The number of alkyl carbamates (subject to hydrolysis) is 1. The van der Waals surface area contributed by atoms with Crippen molar-refractivity contribution in [1.82, 2.24) is 10.6 Å². The molecule has 6 heteroatoms. The largest absolute Gasteiger partial charge is 0.444 e. The first-order valence-corrected chi connectivity index (χ1v) is 7.83. The molecule has 0 saturated heterocycles. The van der Waals surface area contributed by atoms with Gasteiger partial charge in [0.2, 0.25) is 0 Å². The molecule has 0 aliphatic carbocycles. The Hall–Kier alpha value is -2.24. The maximum atomic E-state index is 11.7. The number of ether oxygens (including phenoxy) is 1. The molecule has 0 radical (unpaired) electrons. The molecule has 0 aliphatic heterocycles. The van der Waals surface area contributed by atoms with Gasteiger partial charge in [-0.25, -0.2) is 4.79 Å². The van der Waals surface area contributed by atoms with Gasteiger partial charge in [0.1, 0.15) is 5.60 Å². The molecule has 6 nitrogen and oxygen atoms in total. The maximum Gasteiger partial charge on any atom is 0.407 e. The lowest BCUT2D eigenvalue weighted by Gasteiger charge is -2.21. The summed E-state index contributed by atoms with van der Waals surface area (Å²) in [7, 11) is 0. The minimum Gasteiger partial charge on any atom is -0.444 e. The molecule has 1 rings (SSSR count). The number of hydrogen-bond acceptors (Lipinski definition) is 4. The molecule has 0 spiro atoms. The van der Waals surface area contributed by atoms with Gasteiger partial charge in [0.05, 0.1) is 0 Å². The third kappa shape index (κ3) is 7.54. The predicted molar refractivity (Wildman–Crippen MR) is 91.8 cm³/mol. The number of anilines is 1. The first-order valence-electron chi connectivity index (χ1n) is 7.83. The van der Waals surface area contributed by atoms with Crippen molar-refractivity contribution in [2.24, 2.45) is 0 Å². The molecule has 128 valence electrons. The molecule has 1 aromatic carbocycles. The third-order valence-electron chi connectivity index (χ3n) is 2.85. The lowest BCUT2D eigenvalue weighted by atomic mass is 10.2. The van der Waals surface area contributed by atoms with Crippen LogP contribution in [-0.4, -0.2) is 36.7 Å². The van der Waals surface area contributed by atoms with E-state index in [1.165, 1.54) is 0 Å². The molecule has 23 heavy (non-hydrogen) atoms. The lowest BCUT2D eigenvalue weighted by Crippen LogP contribution is -2.38. The van der Waals surface area contributed by atoms with Gasteiger partial charge in [-0.15, -0.1) is 0 Å². The zero-order valence-corrected chi connectivity index (χ0v) is 14.5. The molecule has 3 N–H and O–H groups in total. The Morgan fingerprint density at radius 2 is 1.74 bits per heavy atom. The van der Waals surface area contributed by atoms with Crippen LogP contribution in [0.2, 0.25) is 0 Å². The second kappa shape index (κ2) is 8.41. The SMILES string of the molecule is CCNC(=O)c1ccc(NC(C)CNC(=O)OC(C)(C)C)cc1. The molecule has 0 aromatic heterocycles. The Labute approximate surface area is 138 Å². The number of rotatable bonds is 6. The molecule has 1 unspecified atom stereocenters. The highest BCUT2D eigenvalue weighted by Gasteiger charge is 2.16. The van der Waals surface area contributed by atoms with Gasteiger partial charge in [0.15, 0.2) is 0 Å². The fraction of sp³-hybridized carbons (Fsp3) is 0.529. The molecule has 0 fully saturated rings. The second-order valence-electron chi connectivity index (χ2n) is 6.36. The van der Waals surface area contributed by atoms with E-state index in [1.807, 2.05) is 46.8 Å². The van der Waals surface area contributed by atoms with Crippen LogP contribution in [0.1, 0.15) is 45.0 Å². The van der Waals surface area contributed by atoms with Gasteiger partial charge in [-0.1, -0.05) is 0 Å². The topological polar surface area (TPSA) is 79.5 Å². The fourth-order valence-electron chi connectivity index (χ4n) is 1.87. The molecule has 1 atom stereocenters. The third-order valence-corrected chi connectivity index (χ3v) is 2.85. The summed E-state index contributed by atoms with van der Waals surface area (Å²) in [6, 6.07) is 7.24. The van der Waals surface area contributed by atoms with E-state index in [1.54, 1.807) is 12.1 Å². The summed E-state index contributed by atoms with van der Waals surface area (Å²) in [5, 5.41) is 8.73. The van der Waals surface area contributed by atoms with Crippen LogP contribution in [0, 0.1) is 0 Å². The average Bonchev–Trinajstić information content (AvgIpc) is 2.44. The summed E-state index contributed by atoms with van der Waals surface area (Å²) in [4.78, 5) is 23.3. The number of carbonyl (C=O) groups is 2. The Kier molecular flexibility index (Phi) is 6.88. The standard InChI is InChI=1S/C17H27N3O3/c1-6-18-15(21)13-7-9-14(10-8-13)20-12(2)11-19-16(22)23-17(3,4)5/h7-10,12,20H,6,11H2,1-5H3,(H,18,21)(H,19,22). The number of amides is 2. The first-order chi connectivity index (χ1) is 10.7. The van der Waals surface area contributed by atoms with Crippen LogP contribution in [0.3, 0.4) is 0 Å². The van der Waals surface area contributed by atoms with Crippen LogP contribution < -0.4 is 16.0 Å². The van der Waals surface area contributed by atoms with Crippen molar-refractivity contribution in [2.45, 2.75) is 46.3 Å². The van der Waals surface area contributed by atoms with Crippen molar-refractivity contribution in [2.75, 3.05) is 18.4 Å². The van der Waals surface area contributed by atoms with Crippen LogP contribution in [0.5, 0.6) is 0 Å². The van der Waals surface area contributed by atoms with Crippen LogP contribution in [0.15, 0.2) is 24.3 Å². The zero-order chi connectivity index (χ0) is 17.5. The lowest BCUT2D eigenvalue weighted by molar-refractivity contribution is 0.0526. The Balaban J connectivity index is 2.44. The maximum absolute atomic E-state index is 11.7. The minimum atomic E-state index is -0.504. The van der Waals surface area contributed by atoms with E-state index in [2.05, 4.69) is 16.0 Å². The van der Waals surface area contributed by atoms with Crippen molar-refractivity contribution < 1.29 is 14.3 Å². The normalized spacial score (nSPS) is 12.2. The molecule has 1 aromatic rings. The number of nitrogens with one attached hydrogen (secondary N) is 3. The summed E-state index contributed by atoms with van der Waals surface area (Å²) in [6.45, 7) is 10.3. The van der Waals surface area contributed by atoms with Gasteiger partial charge in [-0.05, 0) is 58.9 Å². The number of benzene rings is 1. The summed E-state index contributed by atoms with van der Waals surface area (Å²) in [6.07, 6.45) is -0.433. The van der Waals surface area contributed by atoms with E-state index in [4.69, 9.17) is 4.74 Å². The Morgan fingerprint density at radius 1 is 1.13 bits per heavy atom. The van der Waals surface area contributed by atoms with Crippen LogP contribution in [0.25, 0.3) is 0 Å². The van der Waals surface area contributed by atoms with Crippen molar-refractivity contribution in [3.63, 3.8) is 0 Å². The highest BCUT2D eigenvalue weighted by molar-refractivity contribution is 5.94. The second-order valence-corrected chi connectivity index (χ2v) is 6.36. The Morgan fingerprint density at radius 3 is 2.26 bits per heavy atom. The monoisotopic (exact) mass is 321 g/mol. The summed E-state index contributed by atoms with van der Waals surface area (Å²) in [5.74, 6) is -0.0845. The highest BCUT2D eigenvalue weighted by atomic mass is 16.6. The number of hydrogen-bond donors (Lipinski definition) is 3. The van der Waals surface area contributed by atoms with Gasteiger partial charge in [0, 0.05) is 30.4 Å². The van der Waals surface area contributed by atoms with Gasteiger partial charge in [0.25, 0.3) is 5.91 Å². The van der Waals surface area contributed by atoms with E-state index >= 15 is 0 Å². The van der Waals surface area contributed by atoms with Gasteiger partial charge < -0.3 is 20.7 Å². The van der Waals surface area contributed by atoms with Crippen molar-refractivity contribution >= 4 is 17.7 Å². The van der Waals surface area contributed by atoms with Crippen LogP contribution in [-0.2, 0) is 4.74 Å². The molecule has 0 heterocycles. The molecule has 0 aliphatic rings. The highest BCUT2D eigenvalue weighted by Crippen LogP contribution is 2.11. The summed E-state index contributed by atoms with van der Waals surface area (Å²) >= 11 is 0. The molecule has 0 bridgehead atoms. The van der Waals surface area contributed by atoms with Crippen molar-refractivity contribution in [3.05, 3.63) is 29.8 Å². The minimum absolute atomic E-state index is 0.0258. The summed E-state index contributed by atoms with van der Waals surface area (Å²) in [5.41, 5.74) is 1.00. The van der Waals surface area contributed by atoms with E-state index in [9.17, 15) is 9.59 Å². The van der Waals surface area contributed by atoms with Crippen LogP contribution >= 0.6 is 0 Å². The van der Waals surface area contributed by atoms with Crippen molar-refractivity contribution in [3.8, 4) is 0 Å². The van der Waals surface area contributed by atoms with E-state index in [0.717, 1.165) is 5.69 Å². The van der Waals surface area contributed by atoms with Gasteiger partial charge >= 0.3 is 6.09 Å². The van der Waals surface area contributed by atoms with E-state index in [0.29, 0.717) is 18.7 Å². The van der Waals surface area contributed by atoms with Crippen LogP contribution in [0.4, 0.5) is 10.5 Å². The van der Waals surface area contributed by atoms with Gasteiger partial charge in [-0.3, -0.25) is 4.79 Å². The van der Waals surface area contributed by atoms with Crippen molar-refractivity contribution in [1.29, 1.82) is 0 Å². The molecular formula is C17H27N3O3. The molecular weight excluding hydrogens is 294 g/mol. The first kappa shape index (κ1) is 18.8. The zero-order valence-electron chi connectivity index (χ0n) is 14.5. The number of carbonyl (C=O) groups excluding carboxylic acids is 2. The Bertz CT molecular complexity index is 521. The predicted octanol–water partition coefficient (Wildman–Crippen LogP) is 2.76. The van der Waals surface area contributed by atoms with E-state index < -0.39 is 11.7 Å².